The molecule has 1 saturated heterocycles. The molecule has 2 N–H and O–H groups in total. The molecule has 2 aromatic heterocycles. The number of morpholine rings is 1. The Morgan fingerprint density at radius 1 is 1.02 bits per heavy atom. The van der Waals surface area contributed by atoms with Crippen LogP contribution in [-0.4, -0.2) is 54.0 Å². The molecule has 0 atom stereocenters. The monoisotopic (exact) mass is 569 g/mol. The molecular formula is C28H23F4N5O4. The third kappa shape index (κ3) is 5.66. The second kappa shape index (κ2) is 10.7. The number of carbonyl (C=O) groups excluding carboxylic acids is 1. The van der Waals surface area contributed by atoms with Gasteiger partial charge in [0.15, 0.2) is 11.5 Å². The Morgan fingerprint density at radius 3 is 2.63 bits per heavy atom. The number of halogens is 4. The van der Waals surface area contributed by atoms with E-state index in [9.17, 15) is 22.4 Å². The van der Waals surface area contributed by atoms with Crippen molar-refractivity contribution in [1.29, 1.82) is 0 Å². The number of hydrogen-bond donors (Lipinski definition) is 2. The molecule has 2 aromatic carbocycles. The van der Waals surface area contributed by atoms with Crippen LogP contribution in [0.15, 0.2) is 54.9 Å². The summed E-state index contributed by atoms with van der Waals surface area (Å²) in [5.41, 5.74) is 0.666. The molecule has 4 aromatic rings. The molecule has 2 aliphatic rings. The molecule has 0 spiro atoms. The number of hydrogen-bond acceptors (Lipinski definition) is 7. The first-order valence-electron chi connectivity index (χ1n) is 12.7. The third-order valence-corrected chi connectivity index (χ3v) is 6.70. The maximum atomic E-state index is 14.3. The maximum absolute atomic E-state index is 14.3. The van der Waals surface area contributed by atoms with Crippen LogP contribution in [0.25, 0.3) is 22.4 Å². The SMILES string of the molecule is O=C(NCc1ccc2c(c1)OCO2)c1cc(-c2nc(N3CCOCC3)ncc2-c2cc(F)cc(C(F)(F)F)c2)c[nH]1. The highest BCUT2D eigenvalue weighted by Crippen LogP contribution is 2.37. The molecule has 0 aliphatic carbocycles. The van der Waals surface area contributed by atoms with Crippen LogP contribution >= 0.6 is 0 Å². The van der Waals surface area contributed by atoms with Gasteiger partial charge in [-0.2, -0.15) is 13.2 Å². The van der Waals surface area contributed by atoms with Gasteiger partial charge in [-0.3, -0.25) is 4.79 Å². The Bertz CT molecular complexity index is 1600. The number of rotatable bonds is 6. The van der Waals surface area contributed by atoms with Crippen LogP contribution < -0.4 is 19.7 Å². The average Bonchev–Trinajstić information content (AvgIpc) is 3.65. The number of benzene rings is 2. The summed E-state index contributed by atoms with van der Waals surface area (Å²) >= 11 is 0. The molecule has 1 fully saturated rings. The molecule has 41 heavy (non-hydrogen) atoms. The molecule has 0 unspecified atom stereocenters. The number of nitrogens with zero attached hydrogens (tertiary/aromatic N) is 3. The predicted octanol–water partition coefficient (Wildman–Crippen LogP) is 4.79. The molecule has 0 saturated carbocycles. The van der Waals surface area contributed by atoms with Crippen molar-refractivity contribution < 1.29 is 36.6 Å². The molecule has 13 heteroatoms. The predicted molar refractivity (Wildman–Crippen MR) is 139 cm³/mol. The zero-order chi connectivity index (χ0) is 28.6. The van der Waals surface area contributed by atoms with E-state index in [1.807, 2.05) is 11.0 Å². The van der Waals surface area contributed by atoms with Crippen LogP contribution in [0.5, 0.6) is 11.5 Å². The van der Waals surface area contributed by atoms with Crippen molar-refractivity contribution in [2.75, 3.05) is 38.0 Å². The molecule has 4 heterocycles. The van der Waals surface area contributed by atoms with Crippen molar-refractivity contribution in [3.05, 3.63) is 77.5 Å². The van der Waals surface area contributed by atoms with Crippen LogP contribution in [0.2, 0.25) is 0 Å². The number of fused-ring (bicyclic) bond motifs is 1. The minimum Gasteiger partial charge on any atom is -0.454 e. The quantitative estimate of drug-likeness (QED) is 0.322. The van der Waals surface area contributed by atoms with E-state index in [2.05, 4.69) is 20.3 Å². The van der Waals surface area contributed by atoms with E-state index < -0.39 is 23.5 Å². The van der Waals surface area contributed by atoms with Gasteiger partial charge in [0.25, 0.3) is 5.91 Å². The summed E-state index contributed by atoms with van der Waals surface area (Å²) in [5, 5.41) is 2.82. The molecular weight excluding hydrogens is 546 g/mol. The van der Waals surface area contributed by atoms with Gasteiger partial charge in [0.05, 0.1) is 24.5 Å². The lowest BCUT2D eigenvalue weighted by Crippen LogP contribution is -2.37. The van der Waals surface area contributed by atoms with Crippen molar-refractivity contribution in [1.82, 2.24) is 20.3 Å². The molecule has 212 valence electrons. The summed E-state index contributed by atoms with van der Waals surface area (Å²) in [6.07, 6.45) is -1.86. The van der Waals surface area contributed by atoms with Gasteiger partial charge in [0.2, 0.25) is 12.7 Å². The summed E-state index contributed by atoms with van der Waals surface area (Å²) < 4.78 is 70.8. The van der Waals surface area contributed by atoms with Gasteiger partial charge in [0.1, 0.15) is 11.5 Å². The van der Waals surface area contributed by atoms with E-state index >= 15 is 0 Å². The number of alkyl halides is 3. The lowest BCUT2D eigenvalue weighted by Gasteiger charge is -2.27. The first-order valence-corrected chi connectivity index (χ1v) is 12.7. The highest BCUT2D eigenvalue weighted by Gasteiger charge is 2.32. The van der Waals surface area contributed by atoms with Gasteiger partial charge in [0, 0.05) is 43.2 Å². The van der Waals surface area contributed by atoms with Gasteiger partial charge in [-0.1, -0.05) is 6.07 Å². The summed E-state index contributed by atoms with van der Waals surface area (Å²) in [5.74, 6) is 0.109. The number of amides is 1. The van der Waals surface area contributed by atoms with E-state index in [1.54, 1.807) is 12.1 Å². The molecule has 2 aliphatic heterocycles. The molecule has 0 bridgehead atoms. The first kappa shape index (κ1) is 26.6. The zero-order valence-corrected chi connectivity index (χ0v) is 21.4. The van der Waals surface area contributed by atoms with Crippen LogP contribution in [0.4, 0.5) is 23.5 Å². The fourth-order valence-corrected chi connectivity index (χ4v) is 4.62. The Kier molecular flexibility index (Phi) is 6.95. The normalized spacial score (nSPS) is 14.8. The van der Waals surface area contributed by atoms with Crippen molar-refractivity contribution in [3.8, 4) is 33.9 Å². The van der Waals surface area contributed by atoms with Gasteiger partial charge in [-0.05, 0) is 47.5 Å². The molecule has 1 amide bonds. The lowest BCUT2D eigenvalue weighted by molar-refractivity contribution is -0.137. The smallest absolute Gasteiger partial charge is 0.416 e. The maximum Gasteiger partial charge on any atom is 0.416 e. The zero-order valence-electron chi connectivity index (χ0n) is 21.4. The Balaban J connectivity index is 1.31. The largest absolute Gasteiger partial charge is 0.454 e. The van der Waals surface area contributed by atoms with Gasteiger partial charge in [-0.25, -0.2) is 14.4 Å². The first-order chi connectivity index (χ1) is 19.7. The fourth-order valence-electron chi connectivity index (χ4n) is 4.62. The number of aromatic amines is 1. The van der Waals surface area contributed by atoms with E-state index in [-0.39, 0.29) is 35.9 Å². The number of aromatic nitrogens is 3. The average molecular weight is 570 g/mol. The summed E-state index contributed by atoms with van der Waals surface area (Å²) in [7, 11) is 0. The van der Waals surface area contributed by atoms with E-state index in [4.69, 9.17) is 14.2 Å². The summed E-state index contributed by atoms with van der Waals surface area (Å²) in [6, 6.07) is 9.16. The Morgan fingerprint density at radius 2 is 1.83 bits per heavy atom. The summed E-state index contributed by atoms with van der Waals surface area (Å²) in [4.78, 5) is 26.7. The second-order valence-electron chi connectivity index (χ2n) is 9.43. The van der Waals surface area contributed by atoms with Crippen LogP contribution in [-0.2, 0) is 17.5 Å². The van der Waals surface area contributed by atoms with Gasteiger partial charge in [-0.15, -0.1) is 0 Å². The van der Waals surface area contributed by atoms with Crippen molar-refractivity contribution >= 4 is 11.9 Å². The molecule has 6 rings (SSSR count). The van der Waals surface area contributed by atoms with Crippen LogP contribution in [0.3, 0.4) is 0 Å². The highest BCUT2D eigenvalue weighted by atomic mass is 19.4. The minimum absolute atomic E-state index is 0.0455. The second-order valence-corrected chi connectivity index (χ2v) is 9.43. The number of H-pyrrole nitrogens is 1. The third-order valence-electron chi connectivity index (χ3n) is 6.70. The number of ether oxygens (including phenoxy) is 3. The van der Waals surface area contributed by atoms with Crippen LogP contribution in [0.1, 0.15) is 21.6 Å². The Labute approximate surface area is 231 Å². The van der Waals surface area contributed by atoms with E-state index in [0.29, 0.717) is 55.4 Å². The summed E-state index contributed by atoms with van der Waals surface area (Å²) in [6.45, 7) is 2.35. The molecule has 9 nitrogen and oxygen atoms in total. The number of anilines is 1. The van der Waals surface area contributed by atoms with E-state index in [1.165, 1.54) is 18.5 Å². The fraction of sp³-hybridized carbons (Fsp3) is 0.250. The standard InChI is InChI=1S/C28H23F4N5O4/c29-20-9-17(8-19(11-20)28(30,31)32)21-14-35-27(37-3-5-39-6-4-37)36-25(21)18-10-22(33-13-18)26(38)34-12-16-1-2-23-24(7-16)41-15-40-23/h1-2,7-11,13-14,33H,3-6,12,15H2,(H,34,38). The number of carbonyl (C=O) groups is 1. The number of nitrogens with one attached hydrogen (secondary N) is 2. The van der Waals surface area contributed by atoms with Crippen LogP contribution in [0, 0.1) is 5.82 Å². The van der Waals surface area contributed by atoms with Crippen molar-refractivity contribution in [2.45, 2.75) is 12.7 Å². The Hall–Kier alpha value is -4.65. The van der Waals surface area contributed by atoms with Gasteiger partial charge < -0.3 is 29.4 Å². The van der Waals surface area contributed by atoms with E-state index in [0.717, 1.165) is 17.7 Å². The lowest BCUT2D eigenvalue weighted by atomic mass is 10.00. The highest BCUT2D eigenvalue weighted by molar-refractivity contribution is 5.94. The van der Waals surface area contributed by atoms with Gasteiger partial charge >= 0.3 is 6.18 Å². The topological polar surface area (TPSA) is 102 Å². The molecule has 0 radical (unpaired) electrons. The van der Waals surface area contributed by atoms with Crippen molar-refractivity contribution in [2.24, 2.45) is 0 Å². The van der Waals surface area contributed by atoms with Crippen molar-refractivity contribution in [3.63, 3.8) is 0 Å². The minimum atomic E-state index is -4.75.